The minimum Gasteiger partial charge on any atom is -0.162 e. The minimum atomic E-state index is -3.08. The van der Waals surface area contributed by atoms with Gasteiger partial charge < -0.3 is 0 Å². The molecule has 0 rings (SSSR count). The van der Waals surface area contributed by atoms with Crippen molar-refractivity contribution in [3.05, 3.63) is 6.68 Å². The van der Waals surface area contributed by atoms with Gasteiger partial charge in [0.05, 0.1) is 0 Å². The molecule has 1 radical (unpaired) electrons. The van der Waals surface area contributed by atoms with Crippen molar-refractivity contribution >= 4 is 17.4 Å². The summed E-state index contributed by atoms with van der Waals surface area (Å²) in [6.07, 6.45) is 0. The molecule has 0 fully saturated rings. The Morgan fingerprint density at radius 1 is 1.00 bits per heavy atom. The van der Waals surface area contributed by atoms with Gasteiger partial charge in [0.2, 0.25) is 0 Å². The maximum absolute atomic E-state index is 9.58. The molecule has 0 aliphatic heterocycles. The predicted octanol–water partition coefficient (Wildman–Crippen LogP) is 0.158. The highest BCUT2D eigenvalue weighted by atomic mass is 27.0. The topological polar surface area (TPSA) is 0 Å². The normalized spacial score (nSPS) is 7.20. The lowest BCUT2D eigenvalue weighted by molar-refractivity contribution is 0.142. The first-order valence-electron chi connectivity index (χ1n) is 0.567. The summed E-state index contributed by atoms with van der Waals surface area (Å²) in [5.41, 5.74) is 0. The fourth-order valence-corrected chi connectivity index (χ4v) is 0. The Morgan fingerprint density at radius 2 is 1.00 bits per heavy atom. The van der Waals surface area contributed by atoms with Crippen LogP contribution in [0.3, 0.4) is 0 Å². The number of halogens is 3. The Morgan fingerprint density at radius 3 is 1.00 bits per heavy atom. The molecule has 0 nitrogen and oxygen atoms in total. The van der Waals surface area contributed by atoms with Crippen LogP contribution in [0.4, 0.5) is 13.2 Å². The zero-order valence-corrected chi connectivity index (χ0v) is 1.63. The summed E-state index contributed by atoms with van der Waals surface area (Å²) < 4.78 is 28.8. The molecule has 0 spiro atoms. The molecule has 0 aromatic carbocycles. The quantitative estimate of drug-likeness (QED) is 0.379. The summed E-state index contributed by atoms with van der Waals surface area (Å²) >= 11 is 0. The third-order valence-corrected chi connectivity index (χ3v) is 0. The van der Waals surface area contributed by atoms with Crippen molar-refractivity contribution in [2.75, 3.05) is 0 Å². The second kappa shape index (κ2) is 4.32. The molecule has 0 aromatic rings. The molecule has 0 heterocycles. The largest absolute Gasteiger partial charge is 0.487 e. The lowest BCUT2D eigenvalue weighted by atomic mass is 11.6. The molecule has 0 unspecified atom stereocenters. The average Bonchev–Trinajstić information content (AvgIpc) is 0.811. The van der Waals surface area contributed by atoms with Crippen molar-refractivity contribution in [3.63, 3.8) is 0 Å². The Hall–Kier alpha value is 0.322. The predicted molar refractivity (Wildman–Crippen MR) is 16.5 cm³/mol. The first-order chi connectivity index (χ1) is 1.73. The van der Waals surface area contributed by atoms with E-state index in [4.69, 9.17) is 0 Å². The van der Waals surface area contributed by atoms with Gasteiger partial charge in [-0.05, 0) is 0 Å². The van der Waals surface area contributed by atoms with Crippen LogP contribution in [-0.2, 0) is 0 Å². The van der Waals surface area contributed by atoms with Gasteiger partial charge in [0.25, 0.3) is 0 Å². The SMILES string of the molecule is F[C](F)F.[AlH3]. The van der Waals surface area contributed by atoms with E-state index in [1.165, 1.54) is 0 Å². The molecular weight excluding hydrogens is 96.0 g/mol. The first-order valence-corrected chi connectivity index (χ1v) is 0.567. The Bertz CT molecular complexity index is 11.6. The van der Waals surface area contributed by atoms with Crippen LogP contribution in [0.15, 0.2) is 0 Å². The Kier molecular flexibility index (Phi) is 7.79. The summed E-state index contributed by atoms with van der Waals surface area (Å²) in [5.74, 6) is 0. The van der Waals surface area contributed by atoms with Gasteiger partial charge in [0.1, 0.15) is 0 Å². The lowest BCUT2D eigenvalue weighted by Gasteiger charge is -1.60. The van der Waals surface area contributed by atoms with Crippen molar-refractivity contribution in [3.8, 4) is 0 Å². The molecule has 0 amide bonds. The van der Waals surface area contributed by atoms with Gasteiger partial charge in [-0.25, -0.2) is 0 Å². The smallest absolute Gasteiger partial charge is 0.162 e. The van der Waals surface area contributed by atoms with E-state index in [9.17, 15) is 13.2 Å². The van der Waals surface area contributed by atoms with Crippen molar-refractivity contribution in [2.24, 2.45) is 0 Å². The molecule has 0 aliphatic carbocycles. The van der Waals surface area contributed by atoms with Crippen LogP contribution < -0.4 is 0 Å². The van der Waals surface area contributed by atoms with Crippen LogP contribution >= 0.6 is 0 Å². The standard InChI is InChI=1S/CF3.Al.3H/c2-1(3)4;;;;. The molecule has 4 heteroatoms. The zero-order valence-electron chi connectivity index (χ0n) is 1.63. The molecule has 0 bridgehead atoms. The molecule has 0 saturated heterocycles. The van der Waals surface area contributed by atoms with E-state index < -0.39 is 6.68 Å². The van der Waals surface area contributed by atoms with Crippen molar-refractivity contribution in [1.82, 2.24) is 0 Å². The van der Waals surface area contributed by atoms with Crippen molar-refractivity contribution < 1.29 is 13.2 Å². The molecule has 0 N–H and O–H groups in total. The van der Waals surface area contributed by atoms with E-state index in [1.54, 1.807) is 0 Å². The van der Waals surface area contributed by atoms with Crippen LogP contribution in [-0.4, -0.2) is 17.4 Å². The summed E-state index contributed by atoms with van der Waals surface area (Å²) in [6.45, 7) is -3.08. The second-order valence-corrected chi connectivity index (χ2v) is 0.214. The summed E-state index contributed by atoms with van der Waals surface area (Å²) in [5, 5.41) is 0. The highest BCUT2D eigenvalue weighted by Crippen LogP contribution is 1.99. The van der Waals surface area contributed by atoms with Gasteiger partial charge in [-0.3, -0.25) is 0 Å². The van der Waals surface area contributed by atoms with E-state index in [0.29, 0.717) is 0 Å². The molecule has 0 atom stereocenters. The molecule has 0 aromatic heterocycles. The summed E-state index contributed by atoms with van der Waals surface area (Å²) in [4.78, 5) is 0. The Balaban J connectivity index is 0. The van der Waals surface area contributed by atoms with Crippen LogP contribution in [0.2, 0.25) is 0 Å². The van der Waals surface area contributed by atoms with Crippen molar-refractivity contribution in [1.29, 1.82) is 0 Å². The summed E-state index contributed by atoms with van der Waals surface area (Å²) in [7, 11) is 0. The van der Waals surface area contributed by atoms with Gasteiger partial charge in [-0.1, -0.05) is 0 Å². The van der Waals surface area contributed by atoms with E-state index in [0.717, 1.165) is 0 Å². The molecular formula is CH3AlF3. The van der Waals surface area contributed by atoms with E-state index >= 15 is 0 Å². The molecule has 31 valence electrons. The highest BCUT2D eigenvalue weighted by molar-refractivity contribution is 5.75. The van der Waals surface area contributed by atoms with Gasteiger partial charge in [-0.15, -0.1) is 0 Å². The van der Waals surface area contributed by atoms with E-state index in [2.05, 4.69) is 0 Å². The van der Waals surface area contributed by atoms with Crippen LogP contribution in [0.5, 0.6) is 0 Å². The fourth-order valence-electron chi connectivity index (χ4n) is 0. The second-order valence-electron chi connectivity index (χ2n) is 0.214. The van der Waals surface area contributed by atoms with Crippen LogP contribution in [0.1, 0.15) is 0 Å². The van der Waals surface area contributed by atoms with Gasteiger partial charge in [0.15, 0.2) is 17.4 Å². The van der Waals surface area contributed by atoms with Gasteiger partial charge >= 0.3 is 6.68 Å². The third-order valence-electron chi connectivity index (χ3n) is 0. The third kappa shape index (κ3) is 224. The van der Waals surface area contributed by atoms with E-state index in [1.807, 2.05) is 0 Å². The highest BCUT2D eigenvalue weighted by Gasteiger charge is 1.93. The lowest BCUT2D eigenvalue weighted by Crippen LogP contribution is -1.49. The number of hydrogen-bond donors (Lipinski definition) is 0. The zero-order chi connectivity index (χ0) is 3.58. The fraction of sp³-hybridized carbons (Fsp3) is 0. The monoisotopic (exact) mass is 99.0 g/mol. The molecule has 5 heavy (non-hydrogen) atoms. The minimum absolute atomic E-state index is 0. The summed E-state index contributed by atoms with van der Waals surface area (Å²) in [6, 6.07) is 0. The van der Waals surface area contributed by atoms with E-state index in [-0.39, 0.29) is 17.4 Å². The maximum Gasteiger partial charge on any atom is 0.487 e. The van der Waals surface area contributed by atoms with Crippen molar-refractivity contribution in [2.45, 2.75) is 0 Å². The first kappa shape index (κ1) is 9.01. The number of hydrogen-bond acceptors (Lipinski definition) is 0. The Labute approximate surface area is 38.1 Å². The van der Waals surface area contributed by atoms with Crippen LogP contribution in [0.25, 0.3) is 0 Å². The maximum atomic E-state index is 9.58. The molecule has 0 aliphatic rings. The number of rotatable bonds is 0. The average molecular weight is 99.0 g/mol. The molecule has 0 saturated carbocycles. The van der Waals surface area contributed by atoms with Crippen LogP contribution in [0, 0.1) is 6.68 Å². The van der Waals surface area contributed by atoms with Gasteiger partial charge in [-0.2, -0.15) is 13.2 Å². The van der Waals surface area contributed by atoms with Gasteiger partial charge in [0, 0.05) is 0 Å².